The molecule has 0 fully saturated rings. The molecule has 0 heterocycles. The smallest absolute Gasteiger partial charge is 0.870 e. The number of rotatable bonds is 32. The first-order valence-corrected chi connectivity index (χ1v) is 21.2. The fourth-order valence-corrected chi connectivity index (χ4v) is 5.28. The van der Waals surface area contributed by atoms with Crippen LogP contribution < -0.4 is 10.2 Å². The molecule has 0 bridgehead atoms. The molecule has 282 valence electrons. The summed E-state index contributed by atoms with van der Waals surface area (Å²) in [5.74, 6) is -1.81. The van der Waals surface area contributed by atoms with Crippen LogP contribution in [0, 0.1) is 0 Å². The van der Waals surface area contributed by atoms with Crippen molar-refractivity contribution in [3.8, 4) is 0 Å². The van der Waals surface area contributed by atoms with Crippen molar-refractivity contribution in [3.63, 3.8) is 0 Å². The molecule has 0 aromatic rings. The monoisotopic (exact) mass is 750 g/mol. The molecule has 0 rings (SSSR count). The molecular formula is C39H79AlO7Zn. The van der Waals surface area contributed by atoms with Gasteiger partial charge in [-0.25, -0.2) is 0 Å². The van der Waals surface area contributed by atoms with E-state index in [4.69, 9.17) is 0 Å². The van der Waals surface area contributed by atoms with E-state index in [9.17, 15) is 19.8 Å². The number of carbonyl (C=O) groups excluding carboxylic acids is 2. The van der Waals surface area contributed by atoms with Crippen molar-refractivity contribution < 1.29 is 54.5 Å². The van der Waals surface area contributed by atoms with E-state index in [0.29, 0.717) is 0 Å². The van der Waals surface area contributed by atoms with Gasteiger partial charge in [-0.1, -0.05) is 194 Å². The molecule has 0 aliphatic carbocycles. The molecule has 0 aromatic heterocycles. The first kappa shape index (κ1) is 63.1. The SMILES string of the molecule is CCCCCCCCCCCCCCCCCC(=O)[O-].CCCCCCCCCCCCCCCCCC(=O)[O-].C[CH](C)[Zn+].[Al+3].[OH-].[OH-].[O]. The minimum absolute atomic E-state index is 0. The van der Waals surface area contributed by atoms with E-state index in [1.807, 2.05) is 0 Å². The van der Waals surface area contributed by atoms with Crippen LogP contribution in [0.4, 0.5) is 0 Å². The standard InChI is InChI=1S/2C18H36O2.C3H7.Al.2H2O.O.Zn/c2*1-2-3-4-5-6-7-8-9-10-11-12-13-14-15-16-17-18(19)20;1-3-2;;;;;/h2*2-17H2,1H3,(H,19,20);3H,1-2H3;;2*1H2;;/q;;;+3;;;;+1/p-4. The third-order valence-electron chi connectivity index (χ3n) is 7.97. The van der Waals surface area contributed by atoms with Crippen LogP contribution in [0.15, 0.2) is 0 Å². The van der Waals surface area contributed by atoms with Crippen molar-refractivity contribution in [2.24, 2.45) is 0 Å². The first-order chi connectivity index (χ1) is 21.3. The molecule has 0 saturated carbocycles. The fourth-order valence-electron chi connectivity index (χ4n) is 5.28. The molecule has 0 saturated heterocycles. The molecule has 0 aliphatic heterocycles. The summed E-state index contributed by atoms with van der Waals surface area (Å²) >= 11 is 1.43. The van der Waals surface area contributed by atoms with E-state index in [1.165, 1.54) is 185 Å². The Balaban J connectivity index is -0.000000117. The predicted molar refractivity (Wildman–Crippen MR) is 195 cm³/mol. The van der Waals surface area contributed by atoms with Crippen molar-refractivity contribution in [1.29, 1.82) is 0 Å². The second-order valence-electron chi connectivity index (χ2n) is 13.5. The van der Waals surface area contributed by atoms with Gasteiger partial charge in [0.25, 0.3) is 0 Å². The van der Waals surface area contributed by atoms with E-state index in [1.54, 1.807) is 0 Å². The van der Waals surface area contributed by atoms with Crippen LogP contribution in [0.1, 0.15) is 233 Å². The second kappa shape index (κ2) is 59.1. The number of aliphatic carboxylic acids is 2. The predicted octanol–water partition coefficient (Wildman–Crippen LogP) is 10.5. The largest absolute Gasteiger partial charge is 3.00 e. The molecule has 0 spiro atoms. The van der Waals surface area contributed by atoms with E-state index in [-0.39, 0.29) is 46.6 Å². The summed E-state index contributed by atoms with van der Waals surface area (Å²) < 4.78 is 0.958. The van der Waals surface area contributed by atoms with E-state index < -0.39 is 11.9 Å². The summed E-state index contributed by atoms with van der Waals surface area (Å²) in [4.78, 5) is 20.4. The van der Waals surface area contributed by atoms with Crippen molar-refractivity contribution >= 4 is 29.3 Å². The minimum Gasteiger partial charge on any atom is -0.870 e. The summed E-state index contributed by atoms with van der Waals surface area (Å²) in [6.07, 6.45) is 39.7. The van der Waals surface area contributed by atoms with Gasteiger partial charge in [-0.2, -0.15) is 0 Å². The molecule has 48 heavy (non-hydrogen) atoms. The molecule has 7 nitrogen and oxygen atoms in total. The van der Waals surface area contributed by atoms with Crippen molar-refractivity contribution in [1.82, 2.24) is 0 Å². The quantitative estimate of drug-likeness (QED) is 0.0489. The average Bonchev–Trinajstić information content (AvgIpc) is 2.97. The molecule has 0 aliphatic rings. The van der Waals surface area contributed by atoms with Gasteiger partial charge in [0, 0.05) is 17.4 Å². The van der Waals surface area contributed by atoms with Crippen LogP contribution in [0.5, 0.6) is 0 Å². The summed E-state index contributed by atoms with van der Waals surface area (Å²) in [5.41, 5.74) is 0. The van der Waals surface area contributed by atoms with Gasteiger partial charge in [-0.3, -0.25) is 0 Å². The number of hydrogen-bond donors (Lipinski definition) is 0. The van der Waals surface area contributed by atoms with Crippen LogP contribution in [0.2, 0.25) is 4.51 Å². The maximum Gasteiger partial charge on any atom is 3.00 e. The van der Waals surface area contributed by atoms with Gasteiger partial charge in [0.2, 0.25) is 0 Å². The van der Waals surface area contributed by atoms with Crippen LogP contribution in [0.3, 0.4) is 0 Å². The van der Waals surface area contributed by atoms with Gasteiger partial charge in [0.15, 0.2) is 0 Å². The van der Waals surface area contributed by atoms with Gasteiger partial charge in [0.1, 0.15) is 0 Å². The van der Waals surface area contributed by atoms with Crippen LogP contribution >= 0.6 is 0 Å². The molecule has 0 atom stereocenters. The van der Waals surface area contributed by atoms with Gasteiger partial charge in [-0.05, 0) is 25.7 Å². The van der Waals surface area contributed by atoms with E-state index in [0.717, 1.165) is 30.2 Å². The molecule has 2 radical (unpaired) electrons. The van der Waals surface area contributed by atoms with Crippen LogP contribution in [0.25, 0.3) is 0 Å². The second-order valence-corrected chi connectivity index (χ2v) is 17.0. The summed E-state index contributed by atoms with van der Waals surface area (Å²) in [6, 6.07) is 0. The van der Waals surface area contributed by atoms with E-state index >= 15 is 0 Å². The topological polar surface area (TPSA) is 169 Å². The maximum atomic E-state index is 10.2. The summed E-state index contributed by atoms with van der Waals surface area (Å²) in [5, 5.41) is 20.4. The van der Waals surface area contributed by atoms with Crippen LogP contribution in [-0.2, 0) is 33.4 Å². The number of hydrogen-bond acceptors (Lipinski definition) is 6. The normalized spacial score (nSPS) is 9.81. The van der Waals surface area contributed by atoms with E-state index in [2.05, 4.69) is 27.7 Å². The molecule has 0 amide bonds. The Morgan fingerprint density at radius 3 is 0.667 bits per heavy atom. The Morgan fingerprint density at radius 1 is 0.417 bits per heavy atom. The Hall–Kier alpha value is -0.0242. The first-order valence-electron chi connectivity index (χ1n) is 19.5. The molecule has 2 N–H and O–H groups in total. The zero-order valence-electron chi connectivity index (χ0n) is 32.4. The Labute approximate surface area is 320 Å². The third-order valence-corrected chi connectivity index (χ3v) is 7.97. The van der Waals surface area contributed by atoms with Crippen molar-refractivity contribution in [3.05, 3.63) is 0 Å². The van der Waals surface area contributed by atoms with Gasteiger partial charge in [0.05, 0.1) is 0 Å². The number of carbonyl (C=O) groups is 2. The summed E-state index contributed by atoms with van der Waals surface area (Å²) in [6.45, 7) is 8.98. The molecule has 0 unspecified atom stereocenters. The molecule has 0 aromatic carbocycles. The fraction of sp³-hybridized carbons (Fsp3) is 0.949. The number of carboxylic acids is 2. The maximum absolute atomic E-state index is 10.2. The number of unbranched alkanes of at least 4 members (excludes halogenated alkanes) is 28. The van der Waals surface area contributed by atoms with Gasteiger partial charge < -0.3 is 30.8 Å². The van der Waals surface area contributed by atoms with Gasteiger partial charge in [-0.15, -0.1) is 0 Å². The van der Waals surface area contributed by atoms with Gasteiger partial charge >= 0.3 is 54.0 Å². The Kier molecular flexibility index (Phi) is 77.7. The third kappa shape index (κ3) is 80.6. The average molecular weight is 752 g/mol. The zero-order valence-corrected chi connectivity index (χ0v) is 36.5. The summed E-state index contributed by atoms with van der Waals surface area (Å²) in [7, 11) is 0. The minimum atomic E-state index is -0.903. The molecule has 9 heteroatoms. The van der Waals surface area contributed by atoms with Crippen molar-refractivity contribution in [2.45, 2.75) is 238 Å². The van der Waals surface area contributed by atoms with Crippen LogP contribution in [-0.4, -0.2) is 40.3 Å². The Morgan fingerprint density at radius 2 is 0.542 bits per heavy atom. The zero-order chi connectivity index (χ0) is 33.4. The van der Waals surface area contributed by atoms with Crippen molar-refractivity contribution in [2.75, 3.05) is 0 Å². The Bertz CT molecular complexity index is 508. The molecular weight excluding hydrogens is 673 g/mol. The number of carboxylic acid groups (broad SMARTS) is 2.